The van der Waals surface area contributed by atoms with Gasteiger partial charge >= 0.3 is 5.97 Å². The van der Waals surface area contributed by atoms with Crippen molar-refractivity contribution in [1.82, 2.24) is 14.5 Å². The van der Waals surface area contributed by atoms with Crippen molar-refractivity contribution >= 4 is 16.0 Å². The maximum Gasteiger partial charge on any atom is 0.325 e. The van der Waals surface area contributed by atoms with Crippen molar-refractivity contribution in [3.8, 4) is 0 Å². The molecule has 0 aliphatic rings. The number of hydrogen-bond acceptors (Lipinski definition) is 4. The largest absolute Gasteiger partial charge is 0.480 e. The minimum Gasteiger partial charge on any atom is -0.480 e. The minimum atomic E-state index is -3.60. The Morgan fingerprint density at radius 1 is 1.50 bits per heavy atom. The zero-order valence-corrected chi connectivity index (χ0v) is 10.00. The Morgan fingerprint density at radius 3 is 2.50 bits per heavy atom. The van der Waals surface area contributed by atoms with Crippen LogP contribution >= 0.6 is 0 Å². The Morgan fingerprint density at radius 2 is 2.06 bits per heavy atom. The smallest absolute Gasteiger partial charge is 0.325 e. The summed E-state index contributed by atoms with van der Waals surface area (Å²) < 4.78 is 26.6. The molecule has 0 bridgehead atoms. The first-order valence-electron chi connectivity index (χ1n) is 4.49. The molecule has 0 spiro atoms. The van der Waals surface area contributed by atoms with Gasteiger partial charge in [0.2, 0.25) is 10.0 Å². The summed E-state index contributed by atoms with van der Waals surface area (Å²) in [7, 11) is -2.31. The lowest BCUT2D eigenvalue weighted by molar-refractivity contribution is -0.137. The van der Waals surface area contributed by atoms with Gasteiger partial charge in [-0.25, -0.2) is 13.1 Å². The molecule has 8 heteroatoms. The second kappa shape index (κ2) is 4.22. The van der Waals surface area contributed by atoms with Crippen LogP contribution in [0.5, 0.6) is 0 Å². The van der Waals surface area contributed by atoms with Crippen molar-refractivity contribution in [1.29, 1.82) is 0 Å². The molecule has 90 valence electrons. The lowest BCUT2D eigenvalue weighted by Crippen LogP contribution is -2.20. The van der Waals surface area contributed by atoms with E-state index in [4.69, 9.17) is 5.11 Å². The predicted molar refractivity (Wildman–Crippen MR) is 55.6 cm³/mol. The van der Waals surface area contributed by atoms with Crippen LogP contribution in [0.4, 0.5) is 0 Å². The number of sulfonamides is 1. The fraction of sp³-hybridized carbons (Fsp3) is 0.500. The summed E-state index contributed by atoms with van der Waals surface area (Å²) in [4.78, 5) is 10.6. The van der Waals surface area contributed by atoms with Gasteiger partial charge in [0, 0.05) is 0 Å². The molecule has 1 rings (SSSR count). The highest BCUT2D eigenvalue weighted by atomic mass is 32.2. The molecule has 0 unspecified atom stereocenters. The number of rotatable bonds is 4. The molecule has 2 N–H and O–H groups in total. The standard InChI is InChI=1S/C8H13N3O4S/c1-5-8(16(14,15)9-3)6(2)11(10-5)4-7(12)13/h9H,4H2,1-3H3,(H,12,13). The molecule has 0 saturated heterocycles. The number of carboxylic acid groups (broad SMARTS) is 1. The summed E-state index contributed by atoms with van der Waals surface area (Å²) in [6.07, 6.45) is 0. The van der Waals surface area contributed by atoms with Crippen molar-refractivity contribution in [2.24, 2.45) is 0 Å². The molecule has 0 aliphatic carbocycles. The van der Waals surface area contributed by atoms with E-state index in [0.29, 0.717) is 5.69 Å². The Labute approximate surface area is 93.1 Å². The molecule has 16 heavy (non-hydrogen) atoms. The van der Waals surface area contributed by atoms with Crippen molar-refractivity contribution in [3.63, 3.8) is 0 Å². The molecule has 0 atom stereocenters. The van der Waals surface area contributed by atoms with Crippen molar-refractivity contribution in [2.45, 2.75) is 25.3 Å². The highest BCUT2D eigenvalue weighted by Gasteiger charge is 2.23. The number of aliphatic carboxylic acids is 1. The average molecular weight is 247 g/mol. The quantitative estimate of drug-likeness (QED) is 0.746. The molecule has 1 aromatic rings. The number of carbonyl (C=O) groups is 1. The summed E-state index contributed by atoms with van der Waals surface area (Å²) >= 11 is 0. The van der Waals surface area contributed by atoms with Crippen LogP contribution in [0.15, 0.2) is 4.90 Å². The van der Waals surface area contributed by atoms with Gasteiger partial charge in [0.05, 0.1) is 11.4 Å². The number of carboxylic acids is 1. The van der Waals surface area contributed by atoms with Gasteiger partial charge in [0.1, 0.15) is 11.4 Å². The Bertz CT molecular complexity index is 518. The first-order chi connectivity index (χ1) is 7.29. The van der Waals surface area contributed by atoms with E-state index < -0.39 is 16.0 Å². The third-order valence-electron chi connectivity index (χ3n) is 2.14. The van der Waals surface area contributed by atoms with Gasteiger partial charge in [0.15, 0.2) is 0 Å². The summed E-state index contributed by atoms with van der Waals surface area (Å²) in [5.41, 5.74) is 0.599. The summed E-state index contributed by atoms with van der Waals surface area (Å²) in [6.45, 7) is 2.69. The maximum absolute atomic E-state index is 11.6. The molecule has 0 aliphatic heterocycles. The third kappa shape index (κ3) is 2.22. The van der Waals surface area contributed by atoms with Crippen molar-refractivity contribution in [3.05, 3.63) is 11.4 Å². The van der Waals surface area contributed by atoms with E-state index in [1.54, 1.807) is 0 Å². The van der Waals surface area contributed by atoms with Crippen LogP contribution in [-0.2, 0) is 21.4 Å². The number of nitrogens with one attached hydrogen (secondary N) is 1. The zero-order chi connectivity index (χ0) is 12.5. The number of hydrogen-bond donors (Lipinski definition) is 2. The molecule has 0 aromatic carbocycles. The SMILES string of the molecule is CNS(=O)(=O)c1c(C)nn(CC(=O)O)c1C. The molecular weight excluding hydrogens is 234 g/mol. The van der Waals surface area contributed by atoms with Crippen LogP contribution in [0.25, 0.3) is 0 Å². The molecular formula is C8H13N3O4S. The van der Waals surface area contributed by atoms with Crippen LogP contribution < -0.4 is 4.72 Å². The third-order valence-corrected chi connectivity index (χ3v) is 3.80. The molecule has 1 heterocycles. The number of aromatic nitrogens is 2. The van der Waals surface area contributed by atoms with E-state index in [-0.39, 0.29) is 17.1 Å². The number of aryl methyl sites for hydroxylation is 1. The first kappa shape index (κ1) is 12.7. The Balaban J connectivity index is 3.33. The minimum absolute atomic E-state index is 0.0382. The molecule has 0 fully saturated rings. The normalized spacial score (nSPS) is 11.7. The average Bonchev–Trinajstić information content (AvgIpc) is 2.41. The van der Waals surface area contributed by atoms with Crippen LogP contribution in [0.3, 0.4) is 0 Å². The van der Waals surface area contributed by atoms with Gasteiger partial charge in [-0.1, -0.05) is 0 Å². The maximum atomic E-state index is 11.6. The lowest BCUT2D eigenvalue weighted by Gasteiger charge is -2.03. The summed E-state index contributed by atoms with van der Waals surface area (Å²) in [5, 5.41) is 12.5. The molecule has 1 aromatic heterocycles. The second-order valence-corrected chi connectivity index (χ2v) is 5.08. The van der Waals surface area contributed by atoms with Gasteiger partial charge in [0.25, 0.3) is 0 Å². The first-order valence-corrected chi connectivity index (χ1v) is 5.97. The van der Waals surface area contributed by atoms with Crippen LogP contribution in [0.2, 0.25) is 0 Å². The summed E-state index contributed by atoms with van der Waals surface area (Å²) in [6, 6.07) is 0. The van der Waals surface area contributed by atoms with Crippen LogP contribution in [0.1, 0.15) is 11.4 Å². The van der Waals surface area contributed by atoms with Crippen LogP contribution in [-0.4, -0.2) is 36.3 Å². The van der Waals surface area contributed by atoms with E-state index >= 15 is 0 Å². The van der Waals surface area contributed by atoms with Crippen molar-refractivity contribution in [2.75, 3.05) is 7.05 Å². The lowest BCUT2D eigenvalue weighted by atomic mass is 10.4. The molecule has 0 amide bonds. The predicted octanol–water partition coefficient (Wildman–Crippen LogP) is -0.507. The van der Waals surface area contributed by atoms with Crippen LogP contribution in [0, 0.1) is 13.8 Å². The van der Waals surface area contributed by atoms with Gasteiger partial charge < -0.3 is 5.11 Å². The van der Waals surface area contributed by atoms with Crippen molar-refractivity contribution < 1.29 is 18.3 Å². The Hall–Kier alpha value is -1.41. The second-order valence-electron chi connectivity index (χ2n) is 3.26. The summed E-state index contributed by atoms with van der Waals surface area (Å²) in [5.74, 6) is -1.07. The van der Waals surface area contributed by atoms with Gasteiger partial charge in [-0.05, 0) is 20.9 Å². The number of nitrogens with zero attached hydrogens (tertiary/aromatic N) is 2. The topological polar surface area (TPSA) is 101 Å². The van der Waals surface area contributed by atoms with Gasteiger partial charge in [-0.2, -0.15) is 5.10 Å². The van der Waals surface area contributed by atoms with E-state index in [9.17, 15) is 13.2 Å². The van der Waals surface area contributed by atoms with E-state index in [2.05, 4.69) is 9.82 Å². The fourth-order valence-corrected chi connectivity index (χ4v) is 2.58. The highest BCUT2D eigenvalue weighted by Crippen LogP contribution is 2.18. The van der Waals surface area contributed by atoms with E-state index in [1.807, 2.05) is 0 Å². The van der Waals surface area contributed by atoms with E-state index in [1.165, 1.54) is 20.9 Å². The zero-order valence-electron chi connectivity index (χ0n) is 9.18. The monoisotopic (exact) mass is 247 g/mol. The van der Waals surface area contributed by atoms with E-state index in [0.717, 1.165) is 4.68 Å². The fourth-order valence-electron chi connectivity index (χ4n) is 1.45. The molecule has 7 nitrogen and oxygen atoms in total. The Kier molecular flexibility index (Phi) is 3.34. The molecule has 0 saturated carbocycles. The van der Waals surface area contributed by atoms with Gasteiger partial charge in [-0.3, -0.25) is 9.48 Å². The molecule has 0 radical (unpaired) electrons. The highest BCUT2D eigenvalue weighted by molar-refractivity contribution is 7.89. The van der Waals surface area contributed by atoms with Gasteiger partial charge in [-0.15, -0.1) is 0 Å².